The monoisotopic (exact) mass is 235 g/mol. The van der Waals surface area contributed by atoms with E-state index < -0.39 is 0 Å². The van der Waals surface area contributed by atoms with Gasteiger partial charge in [0.2, 0.25) is 17.7 Å². The SMILES string of the molecule is COc1cc(NCc2ncc(C)o2)nc(N)n1. The van der Waals surface area contributed by atoms with E-state index in [0.29, 0.717) is 24.1 Å². The third-order valence-electron chi connectivity index (χ3n) is 2.02. The quantitative estimate of drug-likeness (QED) is 0.814. The molecule has 0 amide bonds. The fraction of sp³-hybridized carbons (Fsp3) is 0.300. The molecular formula is C10H13N5O2. The second-order valence-corrected chi connectivity index (χ2v) is 3.37. The molecule has 0 aliphatic heterocycles. The number of nitrogen functional groups attached to an aromatic ring is 1. The highest BCUT2D eigenvalue weighted by atomic mass is 16.5. The molecule has 0 atom stereocenters. The number of aromatic nitrogens is 3. The number of anilines is 2. The van der Waals surface area contributed by atoms with E-state index in [1.165, 1.54) is 7.11 Å². The Morgan fingerprint density at radius 2 is 2.29 bits per heavy atom. The predicted octanol–water partition coefficient (Wildman–Crippen LogP) is 0.976. The molecule has 0 aliphatic carbocycles. The Kier molecular flexibility index (Phi) is 3.08. The van der Waals surface area contributed by atoms with E-state index in [1.807, 2.05) is 6.92 Å². The number of hydrogen-bond acceptors (Lipinski definition) is 7. The Bertz CT molecular complexity index is 511. The number of rotatable bonds is 4. The second kappa shape index (κ2) is 4.69. The molecule has 0 saturated heterocycles. The van der Waals surface area contributed by atoms with Crippen LogP contribution < -0.4 is 15.8 Å². The van der Waals surface area contributed by atoms with Gasteiger partial charge in [-0.3, -0.25) is 0 Å². The van der Waals surface area contributed by atoms with Crippen molar-refractivity contribution in [3.8, 4) is 5.88 Å². The van der Waals surface area contributed by atoms with Crippen molar-refractivity contribution in [1.82, 2.24) is 15.0 Å². The van der Waals surface area contributed by atoms with Gasteiger partial charge in [0.1, 0.15) is 11.6 Å². The Balaban J connectivity index is 2.05. The number of methoxy groups -OCH3 is 1. The number of oxazole rings is 1. The van der Waals surface area contributed by atoms with Crippen LogP contribution in [0.4, 0.5) is 11.8 Å². The fourth-order valence-electron chi connectivity index (χ4n) is 1.29. The number of aryl methyl sites for hydroxylation is 1. The van der Waals surface area contributed by atoms with E-state index in [1.54, 1.807) is 12.3 Å². The maximum absolute atomic E-state index is 5.53. The first-order valence-electron chi connectivity index (χ1n) is 5.01. The van der Waals surface area contributed by atoms with Crippen LogP contribution in [0.2, 0.25) is 0 Å². The summed E-state index contributed by atoms with van der Waals surface area (Å²) in [6, 6.07) is 1.64. The third-order valence-corrected chi connectivity index (χ3v) is 2.02. The van der Waals surface area contributed by atoms with Crippen molar-refractivity contribution in [1.29, 1.82) is 0 Å². The molecule has 7 heteroatoms. The molecule has 0 bridgehead atoms. The van der Waals surface area contributed by atoms with Crippen LogP contribution in [0.1, 0.15) is 11.7 Å². The molecule has 7 nitrogen and oxygen atoms in total. The lowest BCUT2D eigenvalue weighted by atomic mass is 10.5. The van der Waals surface area contributed by atoms with Crippen molar-refractivity contribution in [3.63, 3.8) is 0 Å². The van der Waals surface area contributed by atoms with Gasteiger partial charge in [-0.25, -0.2) is 4.98 Å². The van der Waals surface area contributed by atoms with Crippen LogP contribution in [0.3, 0.4) is 0 Å². The largest absolute Gasteiger partial charge is 0.481 e. The average Bonchev–Trinajstić information content (AvgIpc) is 2.72. The number of hydrogen-bond donors (Lipinski definition) is 2. The summed E-state index contributed by atoms with van der Waals surface area (Å²) in [7, 11) is 1.52. The highest BCUT2D eigenvalue weighted by molar-refractivity contribution is 5.42. The smallest absolute Gasteiger partial charge is 0.225 e. The first kappa shape index (κ1) is 11.2. The zero-order chi connectivity index (χ0) is 12.3. The minimum Gasteiger partial charge on any atom is -0.481 e. The molecule has 3 N–H and O–H groups in total. The van der Waals surface area contributed by atoms with Gasteiger partial charge in [0, 0.05) is 6.07 Å². The van der Waals surface area contributed by atoms with E-state index >= 15 is 0 Å². The van der Waals surface area contributed by atoms with Gasteiger partial charge in [-0.1, -0.05) is 0 Å². The molecule has 0 unspecified atom stereocenters. The lowest BCUT2D eigenvalue weighted by Gasteiger charge is -2.05. The van der Waals surface area contributed by atoms with Gasteiger partial charge in [0.15, 0.2) is 0 Å². The number of nitrogens with zero attached hydrogens (tertiary/aromatic N) is 3. The van der Waals surface area contributed by atoms with Crippen molar-refractivity contribution in [3.05, 3.63) is 23.9 Å². The second-order valence-electron chi connectivity index (χ2n) is 3.37. The summed E-state index contributed by atoms with van der Waals surface area (Å²) in [4.78, 5) is 11.9. The van der Waals surface area contributed by atoms with Gasteiger partial charge in [-0.05, 0) is 6.92 Å². The fourth-order valence-corrected chi connectivity index (χ4v) is 1.29. The predicted molar refractivity (Wildman–Crippen MR) is 61.6 cm³/mol. The van der Waals surface area contributed by atoms with Crippen LogP contribution in [0.5, 0.6) is 5.88 Å². The standard InChI is InChI=1S/C10H13N5O2/c1-6-4-13-9(17-6)5-12-7-3-8(16-2)15-10(11)14-7/h3-4H,5H2,1-2H3,(H3,11,12,14,15). The molecule has 0 saturated carbocycles. The minimum atomic E-state index is 0.149. The van der Waals surface area contributed by atoms with Crippen molar-refractivity contribution in [2.75, 3.05) is 18.2 Å². The van der Waals surface area contributed by atoms with Crippen LogP contribution in [0, 0.1) is 6.92 Å². The van der Waals surface area contributed by atoms with Gasteiger partial charge in [0.05, 0.1) is 19.9 Å². The van der Waals surface area contributed by atoms with Crippen molar-refractivity contribution in [2.45, 2.75) is 13.5 Å². The van der Waals surface area contributed by atoms with Crippen LogP contribution in [-0.4, -0.2) is 22.1 Å². The van der Waals surface area contributed by atoms with E-state index in [2.05, 4.69) is 20.3 Å². The molecule has 0 spiro atoms. The summed E-state index contributed by atoms with van der Waals surface area (Å²) < 4.78 is 10.3. The first-order valence-corrected chi connectivity index (χ1v) is 5.01. The maximum Gasteiger partial charge on any atom is 0.225 e. The lowest BCUT2D eigenvalue weighted by Crippen LogP contribution is -2.05. The molecule has 90 valence electrons. The highest BCUT2D eigenvalue weighted by Gasteiger charge is 2.04. The van der Waals surface area contributed by atoms with E-state index in [9.17, 15) is 0 Å². The molecule has 0 radical (unpaired) electrons. The van der Waals surface area contributed by atoms with Gasteiger partial charge in [-0.2, -0.15) is 9.97 Å². The van der Waals surface area contributed by atoms with Gasteiger partial charge in [0.25, 0.3) is 0 Å². The first-order chi connectivity index (χ1) is 8.17. The summed E-state index contributed by atoms with van der Waals surface area (Å²) in [5, 5.41) is 3.02. The molecule has 0 aliphatic rings. The van der Waals surface area contributed by atoms with Crippen molar-refractivity contribution < 1.29 is 9.15 Å². The average molecular weight is 235 g/mol. The number of nitrogens with one attached hydrogen (secondary N) is 1. The van der Waals surface area contributed by atoms with Crippen molar-refractivity contribution >= 4 is 11.8 Å². The van der Waals surface area contributed by atoms with Gasteiger partial charge in [-0.15, -0.1) is 0 Å². The Morgan fingerprint density at radius 1 is 1.47 bits per heavy atom. The highest BCUT2D eigenvalue weighted by Crippen LogP contribution is 2.14. The third kappa shape index (κ3) is 2.83. The maximum atomic E-state index is 5.53. The Morgan fingerprint density at radius 3 is 2.94 bits per heavy atom. The molecule has 2 aromatic rings. The van der Waals surface area contributed by atoms with E-state index in [4.69, 9.17) is 14.9 Å². The van der Waals surface area contributed by atoms with E-state index in [0.717, 1.165) is 5.76 Å². The molecular weight excluding hydrogens is 222 g/mol. The normalized spacial score (nSPS) is 10.2. The Labute approximate surface area is 98.0 Å². The molecule has 2 aromatic heterocycles. The van der Waals surface area contributed by atoms with Crippen LogP contribution in [-0.2, 0) is 6.54 Å². The van der Waals surface area contributed by atoms with E-state index in [-0.39, 0.29) is 5.95 Å². The summed E-state index contributed by atoms with van der Waals surface area (Å²) >= 11 is 0. The molecule has 0 fully saturated rings. The summed E-state index contributed by atoms with van der Waals surface area (Å²) in [5.41, 5.74) is 5.53. The lowest BCUT2D eigenvalue weighted by molar-refractivity contribution is 0.398. The molecule has 2 rings (SSSR count). The van der Waals surface area contributed by atoms with Crippen LogP contribution in [0.15, 0.2) is 16.7 Å². The van der Waals surface area contributed by atoms with Crippen LogP contribution in [0.25, 0.3) is 0 Å². The van der Waals surface area contributed by atoms with Gasteiger partial charge < -0.3 is 20.2 Å². The Hall–Kier alpha value is -2.31. The zero-order valence-corrected chi connectivity index (χ0v) is 9.60. The molecule has 0 aromatic carbocycles. The summed E-state index contributed by atoms with van der Waals surface area (Å²) in [6.45, 7) is 2.26. The van der Waals surface area contributed by atoms with Crippen LogP contribution >= 0.6 is 0 Å². The summed E-state index contributed by atoms with van der Waals surface area (Å²) in [6.07, 6.45) is 1.66. The molecule has 2 heterocycles. The topological polar surface area (TPSA) is 99.1 Å². The summed E-state index contributed by atoms with van der Waals surface area (Å²) in [5.74, 6) is 2.46. The molecule has 17 heavy (non-hydrogen) atoms. The van der Waals surface area contributed by atoms with Crippen molar-refractivity contribution in [2.24, 2.45) is 0 Å². The van der Waals surface area contributed by atoms with Gasteiger partial charge >= 0.3 is 0 Å². The zero-order valence-electron chi connectivity index (χ0n) is 9.60. The minimum absolute atomic E-state index is 0.149. The number of nitrogens with two attached hydrogens (primary N) is 1. The number of ether oxygens (including phenoxy) is 1.